The number of benzene rings is 2. The third kappa shape index (κ3) is 5.66. The minimum absolute atomic E-state index is 0.0755. The van der Waals surface area contributed by atoms with Crippen molar-refractivity contribution in [2.75, 3.05) is 6.61 Å². The van der Waals surface area contributed by atoms with Crippen molar-refractivity contribution >= 4 is 5.97 Å². The number of aryl methyl sites for hydroxylation is 1. The highest BCUT2D eigenvalue weighted by Crippen LogP contribution is 2.32. The third-order valence-electron chi connectivity index (χ3n) is 5.14. The number of hydrogen-bond donors (Lipinski definition) is 1. The topological polar surface area (TPSA) is 73.6 Å². The zero-order valence-corrected chi connectivity index (χ0v) is 18.7. The largest absolute Gasteiger partial charge is 0.487 e. The minimum Gasteiger partial charge on any atom is -0.487 e. The molecule has 2 aromatic carbocycles. The lowest BCUT2D eigenvalue weighted by Crippen LogP contribution is -2.10. The number of carbonyl (C=O) groups is 1. The van der Waals surface area contributed by atoms with Gasteiger partial charge in [-0.25, -0.2) is 9.78 Å². The lowest BCUT2D eigenvalue weighted by molar-refractivity contribution is -0.139. The molecule has 0 atom stereocenters. The molecule has 3 aromatic rings. The molecular weight excluding hydrogens is 437 g/mol. The molecule has 0 aliphatic carbocycles. The van der Waals surface area contributed by atoms with Crippen molar-refractivity contribution in [3.63, 3.8) is 0 Å². The second kappa shape index (κ2) is 9.56. The predicted octanol–water partition coefficient (Wildman–Crippen LogP) is 5.58. The highest BCUT2D eigenvalue weighted by molar-refractivity contribution is 5.68. The SMILES string of the molecule is Cc1cc(OCc2c(C(C)C)nc(-c3ccc(C(F)(F)F)cc3)n2C)ccc1OCC(=O)O. The van der Waals surface area contributed by atoms with Gasteiger partial charge in [0.15, 0.2) is 6.61 Å². The van der Waals surface area contributed by atoms with Crippen molar-refractivity contribution in [3.8, 4) is 22.9 Å². The van der Waals surface area contributed by atoms with Crippen molar-refractivity contribution in [1.82, 2.24) is 9.55 Å². The Morgan fingerprint density at radius 1 is 1.12 bits per heavy atom. The highest BCUT2D eigenvalue weighted by Gasteiger charge is 2.30. The van der Waals surface area contributed by atoms with Crippen molar-refractivity contribution in [2.24, 2.45) is 7.05 Å². The van der Waals surface area contributed by atoms with Crippen LogP contribution in [0.5, 0.6) is 11.5 Å². The number of aromatic nitrogens is 2. The van der Waals surface area contributed by atoms with Crippen molar-refractivity contribution < 1.29 is 32.5 Å². The average molecular weight is 462 g/mol. The van der Waals surface area contributed by atoms with Crippen LogP contribution >= 0.6 is 0 Å². The first-order valence-corrected chi connectivity index (χ1v) is 10.3. The molecule has 176 valence electrons. The summed E-state index contributed by atoms with van der Waals surface area (Å²) in [7, 11) is 1.80. The summed E-state index contributed by atoms with van der Waals surface area (Å²) < 4.78 is 51.7. The molecule has 0 saturated carbocycles. The fourth-order valence-corrected chi connectivity index (χ4v) is 3.42. The molecule has 0 amide bonds. The van der Waals surface area contributed by atoms with E-state index in [9.17, 15) is 18.0 Å². The minimum atomic E-state index is -4.39. The zero-order valence-electron chi connectivity index (χ0n) is 18.7. The van der Waals surface area contributed by atoms with Gasteiger partial charge in [0, 0.05) is 12.6 Å². The standard InChI is InChI=1S/C24H25F3N2O4/c1-14(2)22-19(12-32-18-9-10-20(15(3)11-18)33-13-21(30)31)29(4)23(28-22)16-5-7-17(8-6-16)24(25,26)27/h5-11,14H,12-13H2,1-4H3,(H,30,31). The molecule has 0 bridgehead atoms. The number of aliphatic carboxylic acids is 1. The molecule has 3 rings (SSSR count). The number of rotatable bonds is 8. The van der Waals surface area contributed by atoms with Gasteiger partial charge in [-0.15, -0.1) is 0 Å². The third-order valence-corrected chi connectivity index (χ3v) is 5.14. The summed E-state index contributed by atoms with van der Waals surface area (Å²) in [6, 6.07) is 10.0. The van der Waals surface area contributed by atoms with E-state index in [2.05, 4.69) is 4.98 Å². The van der Waals surface area contributed by atoms with Gasteiger partial charge in [-0.1, -0.05) is 26.0 Å². The number of imidazole rings is 1. The molecule has 0 saturated heterocycles. The molecule has 0 radical (unpaired) electrons. The molecule has 33 heavy (non-hydrogen) atoms. The zero-order chi connectivity index (χ0) is 24.3. The van der Waals surface area contributed by atoms with Gasteiger partial charge in [0.25, 0.3) is 0 Å². The van der Waals surface area contributed by atoms with Gasteiger partial charge < -0.3 is 19.1 Å². The van der Waals surface area contributed by atoms with Crippen LogP contribution in [0.1, 0.15) is 42.3 Å². The Hall–Kier alpha value is -3.49. The summed E-state index contributed by atoms with van der Waals surface area (Å²) in [6.45, 7) is 5.53. The number of carboxylic acid groups (broad SMARTS) is 1. The second-order valence-electron chi connectivity index (χ2n) is 7.95. The van der Waals surface area contributed by atoms with E-state index in [1.54, 1.807) is 32.2 Å². The van der Waals surface area contributed by atoms with Gasteiger partial charge in [0.05, 0.1) is 17.0 Å². The average Bonchev–Trinajstić information content (AvgIpc) is 3.07. The van der Waals surface area contributed by atoms with Gasteiger partial charge in [-0.05, 0) is 48.7 Å². The van der Waals surface area contributed by atoms with Gasteiger partial charge >= 0.3 is 12.1 Å². The van der Waals surface area contributed by atoms with Crippen LogP contribution < -0.4 is 9.47 Å². The summed E-state index contributed by atoms with van der Waals surface area (Å²) in [4.78, 5) is 15.4. The Balaban J connectivity index is 1.83. The first kappa shape index (κ1) is 24.2. The lowest BCUT2D eigenvalue weighted by atomic mass is 10.1. The van der Waals surface area contributed by atoms with E-state index in [0.29, 0.717) is 22.9 Å². The number of halogens is 3. The van der Waals surface area contributed by atoms with E-state index in [1.165, 1.54) is 12.1 Å². The number of ether oxygens (including phenoxy) is 2. The quantitative estimate of drug-likeness (QED) is 0.473. The van der Waals surface area contributed by atoms with Crippen LogP contribution in [-0.2, 0) is 24.6 Å². The smallest absolute Gasteiger partial charge is 0.416 e. The summed E-state index contributed by atoms with van der Waals surface area (Å²) in [6.07, 6.45) is -4.39. The molecule has 1 N–H and O–H groups in total. The molecule has 0 fully saturated rings. The van der Waals surface area contributed by atoms with E-state index >= 15 is 0 Å². The molecule has 6 nitrogen and oxygen atoms in total. The first-order chi connectivity index (χ1) is 15.5. The monoisotopic (exact) mass is 462 g/mol. The van der Waals surface area contributed by atoms with Crippen molar-refractivity contribution in [3.05, 3.63) is 65.0 Å². The Morgan fingerprint density at radius 3 is 2.33 bits per heavy atom. The predicted molar refractivity (Wildman–Crippen MR) is 116 cm³/mol. The van der Waals surface area contributed by atoms with E-state index < -0.39 is 24.3 Å². The van der Waals surface area contributed by atoms with E-state index in [4.69, 9.17) is 14.6 Å². The fraction of sp³-hybridized carbons (Fsp3) is 0.333. The maximum Gasteiger partial charge on any atom is 0.416 e. The Morgan fingerprint density at radius 2 is 1.79 bits per heavy atom. The summed E-state index contributed by atoms with van der Waals surface area (Å²) in [5, 5.41) is 8.75. The van der Waals surface area contributed by atoms with E-state index in [-0.39, 0.29) is 12.5 Å². The molecule has 0 aliphatic heterocycles. The Kier molecular flexibility index (Phi) is 7.00. The van der Waals surface area contributed by atoms with Crippen LogP contribution in [0.25, 0.3) is 11.4 Å². The van der Waals surface area contributed by atoms with E-state index in [0.717, 1.165) is 29.1 Å². The number of nitrogens with zero attached hydrogens (tertiary/aromatic N) is 2. The van der Waals surface area contributed by atoms with Gasteiger partial charge in [-0.3, -0.25) is 0 Å². The van der Waals surface area contributed by atoms with E-state index in [1.807, 2.05) is 18.4 Å². The van der Waals surface area contributed by atoms with Crippen LogP contribution in [0.3, 0.4) is 0 Å². The van der Waals surface area contributed by atoms with Gasteiger partial charge in [0.2, 0.25) is 0 Å². The molecule has 1 aromatic heterocycles. The molecule has 0 unspecified atom stereocenters. The number of carboxylic acids is 1. The fourth-order valence-electron chi connectivity index (χ4n) is 3.42. The second-order valence-corrected chi connectivity index (χ2v) is 7.95. The molecular formula is C24H25F3N2O4. The highest BCUT2D eigenvalue weighted by atomic mass is 19.4. The van der Waals surface area contributed by atoms with Gasteiger partial charge in [-0.2, -0.15) is 13.2 Å². The number of alkyl halides is 3. The summed E-state index contributed by atoms with van der Waals surface area (Å²) in [5.74, 6) is 0.599. The normalized spacial score (nSPS) is 11.6. The number of hydrogen-bond acceptors (Lipinski definition) is 4. The lowest BCUT2D eigenvalue weighted by Gasteiger charge is -2.13. The van der Waals surface area contributed by atoms with Crippen LogP contribution in [-0.4, -0.2) is 27.2 Å². The molecule has 0 aliphatic rings. The molecule has 9 heteroatoms. The molecule has 1 heterocycles. The van der Waals surface area contributed by atoms with Crippen LogP contribution in [0.15, 0.2) is 42.5 Å². The summed E-state index contributed by atoms with van der Waals surface area (Å²) in [5.41, 5.74) is 2.20. The Bertz CT molecular complexity index is 1140. The first-order valence-electron chi connectivity index (χ1n) is 10.3. The van der Waals surface area contributed by atoms with Gasteiger partial charge in [0.1, 0.15) is 23.9 Å². The maximum absolute atomic E-state index is 12.9. The van der Waals surface area contributed by atoms with Crippen LogP contribution in [0.4, 0.5) is 13.2 Å². The molecule has 0 spiro atoms. The Labute approximate surface area is 189 Å². The van der Waals surface area contributed by atoms with Crippen LogP contribution in [0, 0.1) is 6.92 Å². The van der Waals surface area contributed by atoms with Crippen LogP contribution in [0.2, 0.25) is 0 Å². The summed E-state index contributed by atoms with van der Waals surface area (Å²) >= 11 is 0. The maximum atomic E-state index is 12.9. The van der Waals surface area contributed by atoms with Crippen molar-refractivity contribution in [1.29, 1.82) is 0 Å². The van der Waals surface area contributed by atoms with Crippen molar-refractivity contribution in [2.45, 2.75) is 39.5 Å².